The highest BCUT2D eigenvalue weighted by atomic mass is 16.5. The Kier molecular flexibility index (Phi) is 50.0. The number of hydrogen-bond acceptors (Lipinski definition) is 2. The second-order valence-corrected chi connectivity index (χ2v) is 17.9. The smallest absolute Gasteiger partial charge is 0.305 e. The van der Waals surface area contributed by atoms with E-state index in [4.69, 9.17) is 4.74 Å². The lowest BCUT2D eigenvalue weighted by Crippen LogP contribution is -2.05. The van der Waals surface area contributed by atoms with Crippen molar-refractivity contribution in [3.63, 3.8) is 0 Å². The fourth-order valence-corrected chi connectivity index (χ4v) is 8.38. The van der Waals surface area contributed by atoms with E-state index in [0.29, 0.717) is 13.0 Å². The van der Waals surface area contributed by atoms with Crippen LogP contribution >= 0.6 is 0 Å². The Hall–Kier alpha value is -0.530. The third kappa shape index (κ3) is 49.5. The first-order valence-electron chi connectivity index (χ1n) is 26.0. The molecule has 0 rings (SSSR count). The Bertz CT molecular complexity index is 659. The average molecular weight is 761 g/mol. The van der Waals surface area contributed by atoms with Crippen LogP contribution in [0.2, 0.25) is 0 Å². The molecule has 0 saturated carbocycles. The number of rotatable bonds is 49. The number of unbranched alkanes of at least 4 members (excludes halogenated alkanes) is 45. The highest BCUT2D eigenvalue weighted by Crippen LogP contribution is 2.18. The van der Waals surface area contributed by atoms with Crippen LogP contribution in [0.15, 0.2) is 0 Å². The zero-order valence-electron chi connectivity index (χ0n) is 38.0. The van der Waals surface area contributed by atoms with E-state index in [-0.39, 0.29) is 5.97 Å². The van der Waals surface area contributed by atoms with Crippen LogP contribution in [0.1, 0.15) is 322 Å². The van der Waals surface area contributed by atoms with Gasteiger partial charge >= 0.3 is 5.97 Å². The molecule has 0 amide bonds. The molecule has 0 aromatic rings. The van der Waals surface area contributed by atoms with Crippen LogP contribution in [0.3, 0.4) is 0 Å². The zero-order valence-corrected chi connectivity index (χ0v) is 38.0. The van der Waals surface area contributed by atoms with Crippen molar-refractivity contribution < 1.29 is 9.53 Å². The van der Waals surface area contributed by atoms with Crippen molar-refractivity contribution in [3.8, 4) is 0 Å². The Morgan fingerprint density at radius 1 is 0.241 bits per heavy atom. The zero-order chi connectivity index (χ0) is 38.9. The Morgan fingerprint density at radius 3 is 0.611 bits per heavy atom. The lowest BCUT2D eigenvalue weighted by atomic mass is 10.0. The molecule has 0 aliphatic carbocycles. The molecule has 0 unspecified atom stereocenters. The van der Waals surface area contributed by atoms with Gasteiger partial charge in [0.1, 0.15) is 0 Å². The molecule has 0 aliphatic heterocycles. The number of carbonyl (C=O) groups excluding carboxylic acids is 1. The lowest BCUT2D eigenvalue weighted by Gasteiger charge is -2.06. The van der Waals surface area contributed by atoms with Gasteiger partial charge in [-0.25, -0.2) is 0 Å². The third-order valence-electron chi connectivity index (χ3n) is 12.2. The maximum absolute atomic E-state index is 12.1. The van der Waals surface area contributed by atoms with Gasteiger partial charge in [0.05, 0.1) is 6.61 Å². The SMILES string of the molecule is CCCCCCCCCCCCCCCCCCCCCCCCCCCCCCC(=O)OCCCCCCCCCCCCCCCCCCCCC. The summed E-state index contributed by atoms with van der Waals surface area (Å²) in [4.78, 5) is 12.1. The van der Waals surface area contributed by atoms with Crippen molar-refractivity contribution in [2.45, 2.75) is 322 Å². The Morgan fingerprint density at radius 2 is 0.407 bits per heavy atom. The Labute approximate surface area is 343 Å². The molecule has 0 aliphatic rings. The molecule has 0 bridgehead atoms. The van der Waals surface area contributed by atoms with Crippen molar-refractivity contribution in [1.29, 1.82) is 0 Å². The molecule has 0 spiro atoms. The lowest BCUT2D eigenvalue weighted by molar-refractivity contribution is -0.143. The summed E-state index contributed by atoms with van der Waals surface area (Å²) < 4.78 is 5.50. The van der Waals surface area contributed by atoms with E-state index >= 15 is 0 Å². The predicted molar refractivity (Wildman–Crippen MR) is 244 cm³/mol. The van der Waals surface area contributed by atoms with Crippen LogP contribution in [-0.4, -0.2) is 12.6 Å². The first-order valence-corrected chi connectivity index (χ1v) is 26.0. The maximum Gasteiger partial charge on any atom is 0.305 e. The van der Waals surface area contributed by atoms with Crippen molar-refractivity contribution in [3.05, 3.63) is 0 Å². The minimum absolute atomic E-state index is 0.0345. The topological polar surface area (TPSA) is 26.3 Å². The van der Waals surface area contributed by atoms with E-state index in [2.05, 4.69) is 13.8 Å². The summed E-state index contributed by atoms with van der Waals surface area (Å²) in [7, 11) is 0. The highest BCUT2D eigenvalue weighted by Gasteiger charge is 2.03. The van der Waals surface area contributed by atoms with Gasteiger partial charge in [-0.1, -0.05) is 303 Å². The van der Waals surface area contributed by atoms with Crippen molar-refractivity contribution in [2.75, 3.05) is 6.61 Å². The number of hydrogen-bond donors (Lipinski definition) is 0. The van der Waals surface area contributed by atoms with E-state index in [1.54, 1.807) is 0 Å². The normalized spacial score (nSPS) is 11.5. The molecule has 2 heteroatoms. The van der Waals surface area contributed by atoms with Crippen LogP contribution < -0.4 is 0 Å². The van der Waals surface area contributed by atoms with Gasteiger partial charge in [-0.3, -0.25) is 4.79 Å². The largest absolute Gasteiger partial charge is 0.466 e. The minimum atomic E-state index is 0.0345. The van der Waals surface area contributed by atoms with Crippen LogP contribution in [0.25, 0.3) is 0 Å². The molecule has 2 nitrogen and oxygen atoms in total. The summed E-state index contributed by atoms with van der Waals surface area (Å²) >= 11 is 0. The molecule has 0 atom stereocenters. The van der Waals surface area contributed by atoms with E-state index < -0.39 is 0 Å². The highest BCUT2D eigenvalue weighted by molar-refractivity contribution is 5.69. The predicted octanol–water partition coefficient (Wildman–Crippen LogP) is 19.3. The van der Waals surface area contributed by atoms with Crippen molar-refractivity contribution in [1.82, 2.24) is 0 Å². The minimum Gasteiger partial charge on any atom is -0.466 e. The summed E-state index contributed by atoms with van der Waals surface area (Å²) in [5.41, 5.74) is 0. The van der Waals surface area contributed by atoms with Gasteiger partial charge in [-0.05, 0) is 12.8 Å². The monoisotopic (exact) mass is 761 g/mol. The molecule has 0 radical (unpaired) electrons. The van der Waals surface area contributed by atoms with E-state index in [1.165, 1.54) is 289 Å². The Balaban J connectivity index is 3.14. The van der Waals surface area contributed by atoms with Gasteiger partial charge < -0.3 is 4.74 Å². The van der Waals surface area contributed by atoms with Gasteiger partial charge in [0, 0.05) is 6.42 Å². The van der Waals surface area contributed by atoms with Gasteiger partial charge in [0.15, 0.2) is 0 Å². The van der Waals surface area contributed by atoms with Crippen molar-refractivity contribution in [2.24, 2.45) is 0 Å². The molecule has 0 fully saturated rings. The van der Waals surface area contributed by atoms with Gasteiger partial charge in [-0.2, -0.15) is 0 Å². The molecule has 324 valence electrons. The fourth-order valence-electron chi connectivity index (χ4n) is 8.38. The number of carbonyl (C=O) groups is 1. The molecule has 0 heterocycles. The molecular weight excluding hydrogens is 657 g/mol. The van der Waals surface area contributed by atoms with Gasteiger partial charge in [-0.15, -0.1) is 0 Å². The van der Waals surface area contributed by atoms with Crippen LogP contribution in [0.4, 0.5) is 0 Å². The summed E-state index contributed by atoms with van der Waals surface area (Å²) in [6, 6.07) is 0. The summed E-state index contributed by atoms with van der Waals surface area (Å²) in [5.74, 6) is 0.0345. The fraction of sp³-hybridized carbons (Fsp3) is 0.981. The van der Waals surface area contributed by atoms with E-state index in [9.17, 15) is 4.79 Å². The maximum atomic E-state index is 12.1. The summed E-state index contributed by atoms with van der Waals surface area (Å²) in [6.45, 7) is 5.24. The quantitative estimate of drug-likeness (QED) is 0.0456. The molecule has 0 aromatic heterocycles. The third-order valence-corrected chi connectivity index (χ3v) is 12.2. The van der Waals surface area contributed by atoms with E-state index in [1.807, 2.05) is 0 Å². The summed E-state index contributed by atoms with van der Waals surface area (Å²) in [6.07, 6.45) is 66.8. The molecule has 0 N–H and O–H groups in total. The van der Waals surface area contributed by atoms with E-state index in [0.717, 1.165) is 12.8 Å². The number of esters is 1. The standard InChI is InChI=1S/C52H104O2/c1-3-5-7-9-11-13-15-17-19-21-23-24-25-26-27-28-29-30-31-32-34-36-38-40-42-44-46-48-50-52(53)54-51-49-47-45-43-41-39-37-35-33-22-20-18-16-14-12-10-8-6-4-2/h3-51H2,1-2H3. The summed E-state index contributed by atoms with van der Waals surface area (Å²) in [5, 5.41) is 0. The number of ether oxygens (including phenoxy) is 1. The molecule has 0 saturated heterocycles. The van der Waals surface area contributed by atoms with Crippen LogP contribution in [0, 0.1) is 0 Å². The second-order valence-electron chi connectivity index (χ2n) is 17.9. The van der Waals surface area contributed by atoms with Crippen molar-refractivity contribution >= 4 is 5.97 Å². The molecule has 54 heavy (non-hydrogen) atoms. The first kappa shape index (κ1) is 53.5. The van der Waals surface area contributed by atoms with Crippen LogP contribution in [-0.2, 0) is 9.53 Å². The van der Waals surface area contributed by atoms with Gasteiger partial charge in [0.2, 0.25) is 0 Å². The second kappa shape index (κ2) is 50.5. The molecule has 0 aromatic carbocycles. The first-order chi connectivity index (χ1) is 26.8. The van der Waals surface area contributed by atoms with Gasteiger partial charge in [0.25, 0.3) is 0 Å². The van der Waals surface area contributed by atoms with Crippen LogP contribution in [0.5, 0.6) is 0 Å². The molecular formula is C52H104O2. The average Bonchev–Trinajstić information content (AvgIpc) is 3.18.